The van der Waals surface area contributed by atoms with Gasteiger partial charge in [0.2, 0.25) is 12.3 Å². The summed E-state index contributed by atoms with van der Waals surface area (Å²) in [5, 5.41) is 3.99. The lowest BCUT2D eigenvalue weighted by Crippen LogP contribution is -2.50. The van der Waals surface area contributed by atoms with Crippen molar-refractivity contribution in [2.45, 2.75) is 13.0 Å². The van der Waals surface area contributed by atoms with E-state index in [1.54, 1.807) is 7.11 Å². The number of methoxy groups -OCH3 is 1. The molecule has 2 heterocycles. The van der Waals surface area contributed by atoms with Crippen LogP contribution in [-0.4, -0.2) is 79.7 Å². The largest absolute Gasteiger partial charge is 0.383 e. The lowest BCUT2D eigenvalue weighted by Gasteiger charge is -2.39. The van der Waals surface area contributed by atoms with E-state index in [-0.39, 0.29) is 5.91 Å². The summed E-state index contributed by atoms with van der Waals surface area (Å²) in [5.41, 5.74) is 2.53. The van der Waals surface area contributed by atoms with Crippen molar-refractivity contribution < 1.29 is 14.3 Å². The zero-order valence-corrected chi connectivity index (χ0v) is 19.6. The van der Waals surface area contributed by atoms with Crippen molar-refractivity contribution in [2.75, 3.05) is 53.0 Å². The monoisotopic (exact) mass is 490 g/mol. The molecule has 1 aliphatic rings. The molecule has 1 aliphatic heterocycles. The highest BCUT2D eigenvalue weighted by atomic mass is 79.9. The maximum atomic E-state index is 11.7. The van der Waals surface area contributed by atoms with Crippen LogP contribution in [0.4, 0.5) is 0 Å². The average molecular weight is 491 g/mol. The van der Waals surface area contributed by atoms with E-state index < -0.39 is 0 Å². The Morgan fingerprint density at radius 3 is 2.87 bits per heavy atom. The number of amides is 2. The Balaban J connectivity index is 1.69. The molecule has 0 spiro atoms. The van der Waals surface area contributed by atoms with E-state index in [1.165, 1.54) is 22.5 Å². The highest BCUT2D eigenvalue weighted by Crippen LogP contribution is 2.28. The Bertz CT molecular complexity index is 908. The SMILES string of the molecule is C=CC(=O)N1CC(Cn2cc(CCN(CCNC=O)CCOC)c3cc(Br)ccc32)C1. The van der Waals surface area contributed by atoms with Crippen LogP contribution in [0.1, 0.15) is 5.56 Å². The Morgan fingerprint density at radius 1 is 1.35 bits per heavy atom. The molecule has 2 aromatic rings. The second kappa shape index (κ2) is 11.5. The van der Waals surface area contributed by atoms with E-state index in [2.05, 4.69) is 61.7 Å². The molecule has 8 heteroatoms. The topological polar surface area (TPSA) is 66.8 Å². The minimum Gasteiger partial charge on any atom is -0.383 e. The van der Waals surface area contributed by atoms with Gasteiger partial charge in [-0.05, 0) is 36.3 Å². The number of rotatable bonds is 13. The molecule has 168 valence electrons. The molecule has 1 N–H and O–H groups in total. The maximum absolute atomic E-state index is 11.7. The number of hydrogen-bond donors (Lipinski definition) is 1. The summed E-state index contributed by atoms with van der Waals surface area (Å²) >= 11 is 3.61. The molecular weight excluding hydrogens is 460 g/mol. The van der Waals surface area contributed by atoms with Crippen molar-refractivity contribution in [1.82, 2.24) is 19.7 Å². The summed E-state index contributed by atoms with van der Waals surface area (Å²) in [5.74, 6) is 0.474. The van der Waals surface area contributed by atoms with Gasteiger partial charge in [-0.3, -0.25) is 14.5 Å². The summed E-state index contributed by atoms with van der Waals surface area (Å²) in [4.78, 5) is 26.4. The molecule has 0 aliphatic carbocycles. The highest BCUT2D eigenvalue weighted by Gasteiger charge is 2.29. The maximum Gasteiger partial charge on any atom is 0.245 e. The molecule has 7 nitrogen and oxygen atoms in total. The fourth-order valence-corrected chi connectivity index (χ4v) is 4.44. The lowest BCUT2D eigenvalue weighted by molar-refractivity contribution is -0.132. The van der Waals surface area contributed by atoms with Gasteiger partial charge in [0.1, 0.15) is 0 Å². The molecule has 3 rings (SSSR count). The molecule has 2 amide bonds. The highest BCUT2D eigenvalue weighted by molar-refractivity contribution is 9.10. The molecule has 31 heavy (non-hydrogen) atoms. The Hall–Kier alpha value is -2.16. The predicted octanol–water partition coefficient (Wildman–Crippen LogP) is 2.29. The number of nitrogens with zero attached hydrogens (tertiary/aromatic N) is 3. The minimum atomic E-state index is 0.0125. The summed E-state index contributed by atoms with van der Waals surface area (Å²) < 4.78 is 8.63. The Labute approximate surface area is 192 Å². The molecule has 0 bridgehead atoms. The van der Waals surface area contributed by atoms with Gasteiger partial charge in [0, 0.05) is 80.4 Å². The molecule has 0 atom stereocenters. The van der Waals surface area contributed by atoms with Crippen molar-refractivity contribution in [3.05, 3.63) is 47.1 Å². The first-order chi connectivity index (χ1) is 15.0. The van der Waals surface area contributed by atoms with E-state index >= 15 is 0 Å². The fraction of sp³-hybridized carbons (Fsp3) is 0.478. The number of hydrogen-bond acceptors (Lipinski definition) is 4. The second-order valence-corrected chi connectivity index (χ2v) is 8.85. The fourth-order valence-electron chi connectivity index (χ4n) is 4.08. The Kier molecular flexibility index (Phi) is 8.69. The number of halogens is 1. The minimum absolute atomic E-state index is 0.0125. The van der Waals surface area contributed by atoms with Crippen molar-refractivity contribution in [1.29, 1.82) is 0 Å². The summed E-state index contributed by atoms with van der Waals surface area (Å²) in [7, 11) is 1.71. The molecule has 1 fully saturated rings. The molecule has 1 aromatic carbocycles. The van der Waals surface area contributed by atoms with Gasteiger partial charge in [-0.15, -0.1) is 0 Å². The Morgan fingerprint density at radius 2 is 2.16 bits per heavy atom. The number of aromatic nitrogens is 1. The zero-order valence-electron chi connectivity index (χ0n) is 18.1. The van der Waals surface area contributed by atoms with Gasteiger partial charge in [-0.1, -0.05) is 22.5 Å². The molecule has 1 aromatic heterocycles. The summed E-state index contributed by atoms with van der Waals surface area (Å²) in [6, 6.07) is 6.42. The second-order valence-electron chi connectivity index (χ2n) is 7.94. The third-order valence-corrected chi connectivity index (χ3v) is 6.28. The average Bonchev–Trinajstić information content (AvgIpc) is 3.08. The molecule has 0 radical (unpaired) electrons. The van der Waals surface area contributed by atoms with E-state index in [9.17, 15) is 9.59 Å². The van der Waals surface area contributed by atoms with Crippen LogP contribution in [0.5, 0.6) is 0 Å². The van der Waals surface area contributed by atoms with Crippen LogP contribution in [0.15, 0.2) is 41.5 Å². The van der Waals surface area contributed by atoms with Gasteiger partial charge < -0.3 is 19.5 Å². The summed E-state index contributed by atoms with van der Waals surface area (Å²) in [6.07, 6.45) is 5.30. The van der Waals surface area contributed by atoms with Gasteiger partial charge in [0.05, 0.1) is 6.61 Å². The van der Waals surface area contributed by atoms with Crippen LogP contribution in [0.25, 0.3) is 10.9 Å². The third-order valence-electron chi connectivity index (χ3n) is 5.79. The van der Waals surface area contributed by atoms with Crippen LogP contribution in [-0.2, 0) is 27.3 Å². The first kappa shape index (κ1) is 23.5. The van der Waals surface area contributed by atoms with Crippen molar-refractivity contribution in [2.24, 2.45) is 5.92 Å². The number of carbonyl (C=O) groups is 2. The molecular formula is C23H31BrN4O3. The summed E-state index contributed by atoms with van der Waals surface area (Å²) in [6.45, 7) is 9.83. The van der Waals surface area contributed by atoms with Gasteiger partial charge in [-0.25, -0.2) is 0 Å². The first-order valence-electron chi connectivity index (χ1n) is 10.6. The zero-order chi connectivity index (χ0) is 22.2. The molecule has 0 saturated carbocycles. The first-order valence-corrected chi connectivity index (χ1v) is 11.4. The smallest absolute Gasteiger partial charge is 0.245 e. The number of ether oxygens (including phenoxy) is 1. The van der Waals surface area contributed by atoms with Crippen LogP contribution >= 0.6 is 15.9 Å². The molecule has 1 saturated heterocycles. The number of fused-ring (bicyclic) bond motifs is 1. The van der Waals surface area contributed by atoms with Gasteiger partial charge in [0.25, 0.3) is 0 Å². The number of carbonyl (C=O) groups excluding carboxylic acids is 2. The number of likely N-dealkylation sites (tertiary alicyclic amines) is 1. The quantitative estimate of drug-likeness (QED) is 0.265. The van der Waals surface area contributed by atoms with Crippen LogP contribution in [0.2, 0.25) is 0 Å². The normalized spacial score (nSPS) is 14.1. The molecule has 0 unspecified atom stereocenters. The third kappa shape index (κ3) is 6.18. The van der Waals surface area contributed by atoms with Crippen LogP contribution in [0.3, 0.4) is 0 Å². The van der Waals surface area contributed by atoms with Gasteiger partial charge in [-0.2, -0.15) is 0 Å². The van der Waals surface area contributed by atoms with E-state index in [1.807, 2.05) is 4.90 Å². The lowest BCUT2D eigenvalue weighted by atomic mass is 10.00. The van der Waals surface area contributed by atoms with Crippen molar-refractivity contribution in [3.8, 4) is 0 Å². The van der Waals surface area contributed by atoms with Crippen molar-refractivity contribution >= 4 is 39.2 Å². The van der Waals surface area contributed by atoms with Crippen molar-refractivity contribution in [3.63, 3.8) is 0 Å². The van der Waals surface area contributed by atoms with Gasteiger partial charge >= 0.3 is 0 Å². The van der Waals surface area contributed by atoms with E-state index in [0.717, 1.165) is 56.6 Å². The van der Waals surface area contributed by atoms with Crippen LogP contribution < -0.4 is 5.32 Å². The predicted molar refractivity (Wildman–Crippen MR) is 126 cm³/mol. The number of benzene rings is 1. The standard InChI is InChI=1S/C23H31BrN4O3/c1-3-23(30)28-14-18(15-28)13-27-16-19(21-12-20(24)4-5-22(21)27)6-8-26(10-11-31-2)9-7-25-17-29/h3-5,12,16-18H,1,6-11,13-15H2,2H3,(H,25,29). The van der Waals surface area contributed by atoms with E-state index in [4.69, 9.17) is 4.74 Å². The number of nitrogens with one attached hydrogen (secondary N) is 1. The van der Waals surface area contributed by atoms with Crippen LogP contribution in [0, 0.1) is 5.92 Å². The van der Waals surface area contributed by atoms with E-state index in [0.29, 0.717) is 19.1 Å². The van der Waals surface area contributed by atoms with Gasteiger partial charge in [0.15, 0.2) is 0 Å².